The molecule has 0 aromatic rings. The van der Waals surface area contributed by atoms with E-state index in [-0.39, 0.29) is 23.6 Å². The molecule has 0 radical (unpaired) electrons. The lowest BCUT2D eigenvalue weighted by Gasteiger charge is -2.35. The van der Waals surface area contributed by atoms with E-state index in [2.05, 4.69) is 0 Å². The predicted octanol–water partition coefficient (Wildman–Crippen LogP) is 5.36. The van der Waals surface area contributed by atoms with Crippen molar-refractivity contribution in [3.63, 3.8) is 0 Å². The van der Waals surface area contributed by atoms with Crippen LogP contribution in [0.5, 0.6) is 0 Å². The Kier molecular flexibility index (Phi) is 11.2. The summed E-state index contributed by atoms with van der Waals surface area (Å²) in [6.45, 7) is 14.1. The number of carbonyl (C=O) groups is 4. The molecule has 0 spiro atoms. The van der Waals surface area contributed by atoms with Crippen LogP contribution in [0.4, 0.5) is 9.59 Å². The summed E-state index contributed by atoms with van der Waals surface area (Å²) in [5, 5.41) is 0. The highest BCUT2D eigenvalue weighted by atomic mass is 32.1. The largest absolute Gasteiger partial charge is 0.325 e. The summed E-state index contributed by atoms with van der Waals surface area (Å²) in [6.07, 6.45) is 4.97. The first-order valence-corrected chi connectivity index (χ1v) is 14.3. The number of amides is 4. The summed E-state index contributed by atoms with van der Waals surface area (Å²) in [4.78, 5) is 58.1. The molecule has 2 aliphatic rings. The van der Waals surface area contributed by atoms with Crippen LogP contribution in [0.2, 0.25) is 0 Å². The van der Waals surface area contributed by atoms with Crippen LogP contribution >= 0.6 is 24.4 Å². The van der Waals surface area contributed by atoms with Crippen molar-refractivity contribution in [3.8, 4) is 0 Å². The standard InChI is InChI=1S/C27H44N4O4S2/c1-7-28-18-22(36)30(24(28)34)26(3,4)16-10-14-20(32)12-9-13-21(33)15-11-17-27(5,6)31-23(37)19-29(8-2)25(31)35/h7-19H2,1-6H3. The monoisotopic (exact) mass is 552 g/mol. The van der Waals surface area contributed by atoms with Crippen molar-refractivity contribution in [1.29, 1.82) is 0 Å². The number of likely N-dealkylation sites (N-methyl/N-ethyl adjacent to an activating group) is 2. The normalized spacial score (nSPS) is 17.0. The minimum Gasteiger partial charge on any atom is -0.318 e. The first kappa shape index (κ1) is 31.3. The fourth-order valence-electron chi connectivity index (χ4n) is 5.18. The molecule has 0 saturated carbocycles. The summed E-state index contributed by atoms with van der Waals surface area (Å²) >= 11 is 10.9. The maximum Gasteiger partial charge on any atom is 0.325 e. The van der Waals surface area contributed by atoms with Gasteiger partial charge in [-0.3, -0.25) is 19.4 Å². The van der Waals surface area contributed by atoms with Crippen molar-refractivity contribution < 1.29 is 19.2 Å². The molecule has 37 heavy (non-hydrogen) atoms. The van der Waals surface area contributed by atoms with E-state index in [0.29, 0.717) is 93.9 Å². The van der Waals surface area contributed by atoms with Gasteiger partial charge in [-0.2, -0.15) is 0 Å². The quantitative estimate of drug-likeness (QED) is 0.240. The van der Waals surface area contributed by atoms with Gasteiger partial charge in [-0.05, 0) is 73.6 Å². The van der Waals surface area contributed by atoms with E-state index < -0.39 is 11.1 Å². The molecular weight excluding hydrogens is 508 g/mol. The summed E-state index contributed by atoms with van der Waals surface area (Å²) < 4.78 is 0. The van der Waals surface area contributed by atoms with Crippen LogP contribution in [0.1, 0.15) is 99.3 Å². The molecule has 0 aromatic heterocycles. The van der Waals surface area contributed by atoms with Gasteiger partial charge < -0.3 is 9.80 Å². The fourth-order valence-corrected chi connectivity index (χ4v) is 6.14. The van der Waals surface area contributed by atoms with Crippen LogP contribution in [0.3, 0.4) is 0 Å². The Morgan fingerprint density at radius 2 is 1.00 bits per heavy atom. The van der Waals surface area contributed by atoms with Crippen LogP contribution in [0, 0.1) is 0 Å². The van der Waals surface area contributed by atoms with Crippen LogP contribution in [0.15, 0.2) is 0 Å². The average Bonchev–Trinajstić information content (AvgIpc) is 3.27. The Morgan fingerprint density at radius 1 is 0.676 bits per heavy atom. The van der Waals surface area contributed by atoms with E-state index in [0.717, 1.165) is 0 Å². The van der Waals surface area contributed by atoms with E-state index in [4.69, 9.17) is 24.4 Å². The number of ketones is 2. The van der Waals surface area contributed by atoms with Crippen molar-refractivity contribution in [2.24, 2.45) is 0 Å². The van der Waals surface area contributed by atoms with Crippen molar-refractivity contribution in [1.82, 2.24) is 19.6 Å². The molecule has 4 amide bonds. The molecule has 2 rings (SSSR count). The zero-order chi connectivity index (χ0) is 28.0. The van der Waals surface area contributed by atoms with E-state index in [9.17, 15) is 19.2 Å². The van der Waals surface area contributed by atoms with Crippen LogP contribution in [-0.4, -0.2) is 90.5 Å². The molecule has 0 bridgehead atoms. The molecule has 2 saturated heterocycles. The Labute approximate surface area is 233 Å². The van der Waals surface area contributed by atoms with Gasteiger partial charge in [0.15, 0.2) is 0 Å². The van der Waals surface area contributed by atoms with Gasteiger partial charge in [-0.15, -0.1) is 0 Å². The summed E-state index contributed by atoms with van der Waals surface area (Å²) in [6, 6.07) is -0.105. The SMILES string of the molecule is CCN1CC(=S)N(C(C)(C)CCCC(=O)CCCC(=O)CCCC(C)(C)N2C(=O)N(CC)CC2=S)C1=O. The number of thiocarbonyl (C=S) groups is 2. The van der Waals surface area contributed by atoms with Gasteiger partial charge in [0, 0.05) is 49.9 Å². The number of nitrogens with zero attached hydrogens (tertiary/aromatic N) is 4. The van der Waals surface area contributed by atoms with Gasteiger partial charge in [0.2, 0.25) is 0 Å². The van der Waals surface area contributed by atoms with E-state index in [1.54, 1.807) is 19.6 Å². The molecular formula is C27H44N4O4S2. The zero-order valence-electron chi connectivity index (χ0n) is 23.4. The molecule has 0 aromatic carbocycles. The number of rotatable bonds is 16. The molecule has 208 valence electrons. The second kappa shape index (κ2) is 13.2. The van der Waals surface area contributed by atoms with Crippen molar-refractivity contribution >= 4 is 58.0 Å². The van der Waals surface area contributed by atoms with Crippen molar-refractivity contribution in [2.45, 2.75) is 110 Å². The number of urea groups is 2. The molecule has 8 nitrogen and oxygen atoms in total. The molecule has 2 fully saturated rings. The highest BCUT2D eigenvalue weighted by Crippen LogP contribution is 2.29. The second-order valence-electron chi connectivity index (χ2n) is 11.3. The smallest absolute Gasteiger partial charge is 0.318 e. The van der Waals surface area contributed by atoms with E-state index in [1.807, 2.05) is 41.5 Å². The fraction of sp³-hybridized carbons (Fsp3) is 0.778. The third kappa shape index (κ3) is 8.02. The average molecular weight is 553 g/mol. The first-order chi connectivity index (χ1) is 17.2. The van der Waals surface area contributed by atoms with E-state index in [1.165, 1.54) is 0 Å². The third-order valence-corrected chi connectivity index (χ3v) is 8.07. The highest BCUT2D eigenvalue weighted by molar-refractivity contribution is 7.80. The molecule has 0 aliphatic carbocycles. The minimum absolute atomic E-state index is 0.0524. The van der Waals surface area contributed by atoms with Crippen LogP contribution in [-0.2, 0) is 9.59 Å². The maximum absolute atomic E-state index is 12.6. The third-order valence-electron chi connectivity index (χ3n) is 7.45. The van der Waals surface area contributed by atoms with Gasteiger partial charge in [-0.25, -0.2) is 9.59 Å². The summed E-state index contributed by atoms with van der Waals surface area (Å²) in [7, 11) is 0. The predicted molar refractivity (Wildman–Crippen MR) is 154 cm³/mol. The first-order valence-electron chi connectivity index (χ1n) is 13.5. The number of Topliss-reactive ketones (excluding diaryl/α,β-unsaturated/α-hetero) is 2. The number of hydrogen-bond donors (Lipinski definition) is 0. The van der Waals surface area contributed by atoms with Crippen molar-refractivity contribution in [3.05, 3.63) is 0 Å². The van der Waals surface area contributed by atoms with Crippen molar-refractivity contribution in [2.75, 3.05) is 26.2 Å². The molecule has 2 heterocycles. The van der Waals surface area contributed by atoms with Gasteiger partial charge in [0.1, 0.15) is 21.5 Å². The van der Waals surface area contributed by atoms with Gasteiger partial charge in [0.05, 0.1) is 13.1 Å². The Bertz CT molecular complexity index is 846. The molecule has 0 unspecified atom stereocenters. The van der Waals surface area contributed by atoms with Gasteiger partial charge in [0.25, 0.3) is 0 Å². The molecule has 0 N–H and O–H groups in total. The molecule has 2 aliphatic heterocycles. The van der Waals surface area contributed by atoms with Gasteiger partial charge >= 0.3 is 12.1 Å². The lowest BCUT2D eigenvalue weighted by atomic mass is 9.93. The van der Waals surface area contributed by atoms with Crippen LogP contribution in [0.25, 0.3) is 0 Å². The number of carbonyl (C=O) groups excluding carboxylic acids is 4. The van der Waals surface area contributed by atoms with Gasteiger partial charge in [-0.1, -0.05) is 24.4 Å². The molecule has 10 heteroatoms. The van der Waals surface area contributed by atoms with Crippen LogP contribution < -0.4 is 0 Å². The number of hydrogen-bond acceptors (Lipinski definition) is 6. The Morgan fingerprint density at radius 3 is 1.30 bits per heavy atom. The highest BCUT2D eigenvalue weighted by Gasteiger charge is 2.42. The summed E-state index contributed by atoms with van der Waals surface area (Å²) in [5.74, 6) is 0.300. The van der Waals surface area contributed by atoms with E-state index >= 15 is 0 Å². The Hall–Kier alpha value is -1.94. The Balaban J connectivity index is 1.65. The maximum atomic E-state index is 12.6. The minimum atomic E-state index is -0.430. The topological polar surface area (TPSA) is 81.2 Å². The lowest BCUT2D eigenvalue weighted by Crippen LogP contribution is -2.48. The second-order valence-corrected chi connectivity index (χ2v) is 12.3. The summed E-state index contributed by atoms with van der Waals surface area (Å²) in [5.41, 5.74) is -0.860. The molecule has 0 atom stereocenters. The lowest BCUT2D eigenvalue weighted by molar-refractivity contribution is -0.120. The zero-order valence-corrected chi connectivity index (χ0v) is 25.1.